The zero-order valence-electron chi connectivity index (χ0n) is 20.0. The second-order valence-electron chi connectivity index (χ2n) is 10.8. The summed E-state index contributed by atoms with van der Waals surface area (Å²) in [5, 5.41) is 0. The van der Waals surface area contributed by atoms with Crippen molar-refractivity contribution in [2.75, 3.05) is 12.5 Å². The number of carbonyl (C=O) groups excluding carboxylic acids is 2. The second-order valence-corrected chi connectivity index (χ2v) is 13.7. The Balaban J connectivity index is 3.15. The van der Waals surface area contributed by atoms with E-state index in [0.717, 1.165) is 19.3 Å². The molecular weight excluding hydrogens is 384 g/mol. The summed E-state index contributed by atoms with van der Waals surface area (Å²) >= 11 is 0. The second kappa shape index (κ2) is 9.25. The lowest BCUT2D eigenvalue weighted by molar-refractivity contribution is -0.163. The average Bonchev–Trinajstić information content (AvgIpc) is 2.52. The molecule has 5 heteroatoms. The molecule has 0 saturated heterocycles. The van der Waals surface area contributed by atoms with Crippen LogP contribution in [-0.2, 0) is 23.8 Å². The molecule has 4 nitrogen and oxygen atoms in total. The molecule has 0 aromatic carbocycles. The van der Waals surface area contributed by atoms with Crippen LogP contribution in [0.3, 0.4) is 0 Å². The van der Waals surface area contributed by atoms with Crippen molar-refractivity contribution in [2.45, 2.75) is 80.8 Å². The predicted octanol–water partition coefficient (Wildman–Crippen LogP) is 4.35. The van der Waals surface area contributed by atoms with Crippen LogP contribution in [0.15, 0.2) is 0 Å². The van der Waals surface area contributed by atoms with E-state index in [-0.39, 0.29) is 22.7 Å². The van der Waals surface area contributed by atoms with Crippen LogP contribution in [-0.4, -0.2) is 39.4 Å². The molecule has 0 bridgehead atoms. The van der Waals surface area contributed by atoms with Gasteiger partial charge in [-0.3, -0.25) is 13.8 Å². The maximum absolute atomic E-state index is 12.9. The molecule has 29 heavy (non-hydrogen) atoms. The lowest BCUT2D eigenvalue weighted by Crippen LogP contribution is -2.39. The van der Waals surface area contributed by atoms with E-state index in [2.05, 4.69) is 32.6 Å². The van der Waals surface area contributed by atoms with Crippen LogP contribution in [0.1, 0.15) is 74.7 Å². The zero-order valence-corrected chi connectivity index (χ0v) is 20.8. The number of hydrogen-bond donors (Lipinski definition) is 0. The summed E-state index contributed by atoms with van der Waals surface area (Å²) in [6.45, 7) is 15.3. The first-order chi connectivity index (χ1) is 13.0. The minimum atomic E-state index is -2.56. The fourth-order valence-electron chi connectivity index (χ4n) is 3.54. The Kier molecular flexibility index (Phi) is 8.21. The molecule has 0 radical (unpaired) electrons. The normalized spacial score (nSPS) is 23.2. The molecule has 0 aromatic heterocycles. The van der Waals surface area contributed by atoms with Crippen molar-refractivity contribution < 1.29 is 18.5 Å². The van der Waals surface area contributed by atoms with Gasteiger partial charge in [0.2, 0.25) is 0 Å². The number of ether oxygens (including phenoxy) is 1. The average molecular weight is 425 g/mol. The summed E-state index contributed by atoms with van der Waals surface area (Å²) in [4.78, 5) is 25.8. The third kappa shape index (κ3) is 7.17. The van der Waals surface area contributed by atoms with Crippen LogP contribution >= 0.6 is 0 Å². The predicted molar refractivity (Wildman–Crippen MR) is 122 cm³/mol. The van der Waals surface area contributed by atoms with Crippen molar-refractivity contribution in [3.8, 4) is 11.8 Å². The molecule has 0 heterocycles. The fourth-order valence-corrected chi connectivity index (χ4v) is 4.59. The third-order valence-electron chi connectivity index (χ3n) is 5.60. The van der Waals surface area contributed by atoms with Gasteiger partial charge in [-0.2, -0.15) is 0 Å². The Hall–Kier alpha value is -1.28. The highest BCUT2D eigenvalue weighted by atomic mass is 32.2. The smallest absolute Gasteiger partial charge is 0.323 e. The molecule has 0 N–H and O–H groups in total. The Morgan fingerprint density at radius 3 is 2.07 bits per heavy atom. The van der Waals surface area contributed by atoms with E-state index < -0.39 is 20.4 Å². The quantitative estimate of drug-likeness (QED) is 0.382. The molecule has 166 valence electrons. The monoisotopic (exact) mass is 424 g/mol. The van der Waals surface area contributed by atoms with Gasteiger partial charge in [0.25, 0.3) is 0 Å². The molecular formula is C24H40O4S. The Morgan fingerprint density at radius 1 is 1.07 bits per heavy atom. The molecule has 1 saturated carbocycles. The Bertz CT molecular complexity index is 800. The van der Waals surface area contributed by atoms with Crippen molar-refractivity contribution >= 4 is 26.1 Å². The molecule has 0 unspecified atom stereocenters. The number of carbonyl (C=O) groups is 2. The highest BCUT2D eigenvalue weighted by Crippen LogP contribution is 2.36. The first-order valence-corrected chi connectivity index (χ1v) is 12.9. The van der Waals surface area contributed by atoms with Gasteiger partial charge in [0.05, 0.1) is 0 Å². The van der Waals surface area contributed by atoms with Gasteiger partial charge in [-0.1, -0.05) is 59.8 Å². The van der Waals surface area contributed by atoms with Gasteiger partial charge in [0.1, 0.15) is 16.4 Å². The number of esters is 1. The number of ketones is 1. The summed E-state index contributed by atoms with van der Waals surface area (Å²) in [5.41, 5.74) is -1.78. The molecule has 1 aliphatic rings. The van der Waals surface area contributed by atoms with E-state index in [0.29, 0.717) is 17.8 Å². The molecule has 0 amide bonds. The minimum absolute atomic E-state index is 0.0946. The Labute approximate surface area is 178 Å². The van der Waals surface area contributed by atoms with Crippen LogP contribution in [0.4, 0.5) is 0 Å². The van der Waals surface area contributed by atoms with Gasteiger partial charge >= 0.3 is 5.97 Å². The first-order valence-electron chi connectivity index (χ1n) is 10.6. The van der Waals surface area contributed by atoms with E-state index in [1.54, 1.807) is 34.6 Å². The molecule has 1 rings (SSSR count). The van der Waals surface area contributed by atoms with Crippen LogP contribution in [0.2, 0.25) is 0 Å². The highest BCUT2D eigenvalue weighted by molar-refractivity contribution is 8.02. The number of rotatable bonds is 4. The lowest BCUT2D eigenvalue weighted by atomic mass is 9.75. The van der Waals surface area contributed by atoms with E-state index in [1.165, 1.54) is 12.5 Å². The molecule has 0 spiro atoms. The minimum Gasteiger partial charge on any atom is -0.461 e. The zero-order chi connectivity index (χ0) is 22.8. The molecule has 0 aromatic rings. The summed E-state index contributed by atoms with van der Waals surface area (Å²) in [7, 11) is -2.56. The first kappa shape index (κ1) is 25.8. The SMILES string of the molecule is CC(C)[C@@H]1CC[C@@H](C)C[C@H]1OC(=O)C(C)(C)C#CC(C(=O)C(C)(C)C)=S(C)(C)=O. The van der Waals surface area contributed by atoms with Gasteiger partial charge < -0.3 is 4.74 Å². The summed E-state index contributed by atoms with van der Waals surface area (Å²) in [6, 6.07) is 0. The Morgan fingerprint density at radius 2 is 1.62 bits per heavy atom. The van der Waals surface area contributed by atoms with Crippen LogP contribution < -0.4 is 0 Å². The van der Waals surface area contributed by atoms with E-state index >= 15 is 0 Å². The van der Waals surface area contributed by atoms with Gasteiger partial charge in [-0.25, -0.2) is 0 Å². The summed E-state index contributed by atoms with van der Waals surface area (Å²) < 4.78 is 18.6. The van der Waals surface area contributed by atoms with Crippen molar-refractivity contribution in [2.24, 2.45) is 28.6 Å². The van der Waals surface area contributed by atoms with E-state index in [9.17, 15) is 13.8 Å². The summed E-state index contributed by atoms with van der Waals surface area (Å²) in [6.07, 6.45) is 6.03. The molecule has 1 aliphatic carbocycles. The number of Topliss-reactive ketones (excluding diaryl/α,β-unsaturated/α-hetero) is 1. The maximum atomic E-state index is 12.9. The summed E-state index contributed by atoms with van der Waals surface area (Å²) in [5.74, 6) is 6.42. The van der Waals surface area contributed by atoms with Crippen molar-refractivity contribution in [1.29, 1.82) is 0 Å². The van der Waals surface area contributed by atoms with Crippen molar-refractivity contribution in [1.82, 2.24) is 0 Å². The van der Waals surface area contributed by atoms with E-state index in [4.69, 9.17) is 4.74 Å². The molecule has 1 fully saturated rings. The maximum Gasteiger partial charge on any atom is 0.323 e. The lowest BCUT2D eigenvalue weighted by Gasteiger charge is -2.37. The highest BCUT2D eigenvalue weighted by Gasteiger charge is 2.37. The van der Waals surface area contributed by atoms with Gasteiger partial charge in [-0.05, 0) is 54.0 Å². The standard InChI is InChI=1S/C24H40O4S/c1-16(2)18-12-11-17(3)15-19(18)28-22(26)24(7,8)14-13-20(29(9,10)27)21(25)23(4,5)6/h16-19H,11-12,15H2,1-10H3/t17-,18+,19-/m1/s1. The van der Waals surface area contributed by atoms with Crippen LogP contribution in [0, 0.1) is 40.4 Å². The van der Waals surface area contributed by atoms with Gasteiger partial charge in [0.15, 0.2) is 5.78 Å². The van der Waals surface area contributed by atoms with Crippen LogP contribution in [0.25, 0.3) is 0 Å². The van der Waals surface area contributed by atoms with Crippen molar-refractivity contribution in [3.05, 3.63) is 0 Å². The van der Waals surface area contributed by atoms with Gasteiger partial charge in [-0.15, -0.1) is 0 Å². The van der Waals surface area contributed by atoms with E-state index in [1.807, 2.05) is 0 Å². The van der Waals surface area contributed by atoms with Crippen molar-refractivity contribution in [3.63, 3.8) is 0 Å². The fraction of sp³-hybridized carbons (Fsp3) is 0.792. The molecule has 3 atom stereocenters. The molecule has 0 aliphatic heterocycles. The third-order valence-corrected chi connectivity index (χ3v) is 6.87. The largest absolute Gasteiger partial charge is 0.461 e. The van der Waals surface area contributed by atoms with Gasteiger partial charge in [0, 0.05) is 17.9 Å². The topological polar surface area (TPSA) is 60.4 Å². The number of hydrogen-bond acceptors (Lipinski definition) is 4. The van der Waals surface area contributed by atoms with Crippen LogP contribution in [0.5, 0.6) is 0 Å².